The Balaban J connectivity index is 1.69. The fraction of sp³-hybridized carbons (Fsp3) is 0.280. The average molecular weight is 533 g/mol. The van der Waals surface area contributed by atoms with Crippen molar-refractivity contribution in [3.8, 4) is 0 Å². The van der Waals surface area contributed by atoms with Gasteiger partial charge in [-0.05, 0) is 68.0 Å². The number of amides is 1. The molecule has 3 aromatic rings. The van der Waals surface area contributed by atoms with Gasteiger partial charge >= 0.3 is 5.97 Å². The van der Waals surface area contributed by atoms with Crippen LogP contribution in [0, 0.1) is 6.92 Å². The SMILES string of the molecule is COC(=O)c1c(NC(=O)CN(c2ccc(C)c(Cl)c2)S(=O)(=O)c2ccccc2)sc2c1CCCC2. The summed E-state index contributed by atoms with van der Waals surface area (Å²) in [6, 6.07) is 12.7. The average Bonchev–Trinajstić information content (AvgIpc) is 3.22. The van der Waals surface area contributed by atoms with E-state index in [1.807, 2.05) is 6.92 Å². The van der Waals surface area contributed by atoms with Crippen molar-refractivity contribution in [3.05, 3.63) is 75.1 Å². The first-order valence-electron chi connectivity index (χ1n) is 11.1. The number of methoxy groups -OCH3 is 1. The number of esters is 1. The van der Waals surface area contributed by atoms with Crippen LogP contribution in [0.25, 0.3) is 0 Å². The van der Waals surface area contributed by atoms with Crippen LogP contribution in [0.3, 0.4) is 0 Å². The number of hydrogen-bond acceptors (Lipinski definition) is 6. The Kier molecular flexibility index (Phi) is 7.49. The van der Waals surface area contributed by atoms with Crippen LogP contribution in [0.15, 0.2) is 53.4 Å². The van der Waals surface area contributed by atoms with Gasteiger partial charge in [-0.1, -0.05) is 35.9 Å². The fourth-order valence-corrected chi connectivity index (χ4v) is 6.94. The Morgan fingerprint density at radius 2 is 1.83 bits per heavy atom. The van der Waals surface area contributed by atoms with E-state index in [-0.39, 0.29) is 10.6 Å². The Bertz CT molecular complexity index is 1370. The van der Waals surface area contributed by atoms with Gasteiger partial charge in [-0.15, -0.1) is 11.3 Å². The van der Waals surface area contributed by atoms with Crippen molar-refractivity contribution in [3.63, 3.8) is 0 Å². The molecule has 1 aliphatic carbocycles. The summed E-state index contributed by atoms with van der Waals surface area (Å²) in [4.78, 5) is 26.8. The summed E-state index contributed by atoms with van der Waals surface area (Å²) >= 11 is 7.62. The molecule has 184 valence electrons. The van der Waals surface area contributed by atoms with Crippen LogP contribution < -0.4 is 9.62 Å². The molecule has 0 saturated heterocycles. The van der Waals surface area contributed by atoms with Crippen molar-refractivity contribution in [2.75, 3.05) is 23.3 Å². The maximum Gasteiger partial charge on any atom is 0.341 e. The number of thiophene rings is 1. The highest BCUT2D eigenvalue weighted by molar-refractivity contribution is 7.92. The van der Waals surface area contributed by atoms with Gasteiger partial charge in [-0.2, -0.15) is 0 Å². The summed E-state index contributed by atoms with van der Waals surface area (Å²) in [6.45, 7) is 1.31. The molecule has 1 aliphatic rings. The number of nitrogens with zero attached hydrogens (tertiary/aromatic N) is 1. The van der Waals surface area contributed by atoms with E-state index in [0.717, 1.165) is 46.0 Å². The molecule has 7 nitrogen and oxygen atoms in total. The van der Waals surface area contributed by atoms with Gasteiger partial charge in [0.05, 0.1) is 23.3 Å². The van der Waals surface area contributed by atoms with E-state index in [9.17, 15) is 18.0 Å². The van der Waals surface area contributed by atoms with Crippen molar-refractivity contribution in [1.29, 1.82) is 0 Å². The first-order valence-corrected chi connectivity index (χ1v) is 13.7. The largest absolute Gasteiger partial charge is 0.465 e. The lowest BCUT2D eigenvalue weighted by Gasteiger charge is -2.24. The summed E-state index contributed by atoms with van der Waals surface area (Å²) in [7, 11) is -2.78. The zero-order chi connectivity index (χ0) is 25.2. The Labute approximate surface area is 213 Å². The van der Waals surface area contributed by atoms with Crippen LogP contribution >= 0.6 is 22.9 Å². The first kappa shape index (κ1) is 25.2. The van der Waals surface area contributed by atoms with E-state index in [1.54, 1.807) is 30.3 Å². The minimum Gasteiger partial charge on any atom is -0.465 e. The Hall–Kier alpha value is -2.88. The topological polar surface area (TPSA) is 92.8 Å². The van der Waals surface area contributed by atoms with Crippen molar-refractivity contribution in [1.82, 2.24) is 0 Å². The number of halogens is 1. The summed E-state index contributed by atoms with van der Waals surface area (Å²) in [6.07, 6.45) is 3.54. The number of carbonyl (C=O) groups excluding carboxylic acids is 2. The molecule has 0 unspecified atom stereocenters. The van der Waals surface area contributed by atoms with E-state index in [2.05, 4.69) is 5.32 Å². The van der Waals surface area contributed by atoms with Crippen molar-refractivity contribution in [2.45, 2.75) is 37.5 Å². The van der Waals surface area contributed by atoms with Crippen LogP contribution in [-0.4, -0.2) is 33.9 Å². The van der Waals surface area contributed by atoms with Gasteiger partial charge in [0.2, 0.25) is 5.91 Å². The molecule has 1 aromatic heterocycles. The third-order valence-electron chi connectivity index (χ3n) is 5.88. The molecule has 2 aromatic carbocycles. The minimum absolute atomic E-state index is 0.0475. The van der Waals surface area contributed by atoms with Gasteiger partial charge in [0, 0.05) is 9.90 Å². The first-order chi connectivity index (χ1) is 16.7. The maximum absolute atomic E-state index is 13.5. The fourth-order valence-electron chi connectivity index (χ4n) is 4.04. The molecule has 4 rings (SSSR count). The molecule has 0 spiro atoms. The summed E-state index contributed by atoms with van der Waals surface area (Å²) in [5.41, 5.74) is 2.31. The highest BCUT2D eigenvalue weighted by Gasteiger charge is 2.30. The van der Waals surface area contributed by atoms with E-state index in [4.69, 9.17) is 16.3 Å². The molecule has 0 radical (unpaired) electrons. The summed E-state index contributed by atoms with van der Waals surface area (Å²) in [5.74, 6) is -1.09. The molecule has 0 fully saturated rings. The van der Waals surface area contributed by atoms with Crippen LogP contribution in [-0.2, 0) is 32.4 Å². The number of ether oxygens (including phenoxy) is 1. The third kappa shape index (κ3) is 5.22. The van der Waals surface area contributed by atoms with E-state index < -0.39 is 28.4 Å². The second kappa shape index (κ2) is 10.4. The van der Waals surface area contributed by atoms with E-state index in [0.29, 0.717) is 15.6 Å². The van der Waals surface area contributed by atoms with Crippen LogP contribution in [0.1, 0.15) is 39.2 Å². The normalized spacial score (nSPS) is 13.1. The van der Waals surface area contributed by atoms with Gasteiger partial charge in [0.15, 0.2) is 0 Å². The summed E-state index contributed by atoms with van der Waals surface area (Å²) in [5, 5.41) is 3.54. The van der Waals surface area contributed by atoms with Crippen LogP contribution in [0.2, 0.25) is 5.02 Å². The minimum atomic E-state index is -4.08. The monoisotopic (exact) mass is 532 g/mol. The molecule has 0 saturated carbocycles. The third-order valence-corrected chi connectivity index (χ3v) is 9.28. The van der Waals surface area contributed by atoms with Gasteiger partial charge in [-0.25, -0.2) is 13.2 Å². The predicted octanol–water partition coefficient (Wildman–Crippen LogP) is 5.21. The lowest BCUT2D eigenvalue weighted by atomic mass is 9.95. The summed E-state index contributed by atoms with van der Waals surface area (Å²) < 4.78 is 33.0. The molecular formula is C25H25ClN2O5S2. The second-order valence-corrected chi connectivity index (χ2v) is 11.6. The lowest BCUT2D eigenvalue weighted by Crippen LogP contribution is -2.38. The van der Waals surface area contributed by atoms with E-state index in [1.165, 1.54) is 36.6 Å². The standard InChI is InChI=1S/C25H25ClN2O5S2/c1-16-12-13-17(14-20(16)26)28(35(31,32)18-8-4-3-5-9-18)15-22(29)27-24-23(25(30)33-2)19-10-6-7-11-21(19)34-24/h3-5,8-9,12-14H,6-7,10-11,15H2,1-2H3,(H,27,29). The highest BCUT2D eigenvalue weighted by Crippen LogP contribution is 2.38. The van der Waals surface area contributed by atoms with Gasteiger partial charge < -0.3 is 10.1 Å². The number of carbonyl (C=O) groups is 2. The van der Waals surface area contributed by atoms with Gasteiger partial charge in [-0.3, -0.25) is 9.10 Å². The molecule has 10 heteroatoms. The Morgan fingerprint density at radius 1 is 1.11 bits per heavy atom. The number of sulfonamides is 1. The van der Waals surface area contributed by atoms with Gasteiger partial charge in [0.1, 0.15) is 11.5 Å². The zero-order valence-electron chi connectivity index (χ0n) is 19.3. The quantitative estimate of drug-likeness (QED) is 0.422. The van der Waals surface area contributed by atoms with Crippen molar-refractivity contribution < 1.29 is 22.7 Å². The predicted molar refractivity (Wildman–Crippen MR) is 138 cm³/mol. The number of rotatable bonds is 7. The molecule has 35 heavy (non-hydrogen) atoms. The molecule has 0 bridgehead atoms. The molecule has 1 N–H and O–H groups in total. The number of hydrogen-bond donors (Lipinski definition) is 1. The van der Waals surface area contributed by atoms with Crippen LogP contribution in [0.4, 0.5) is 10.7 Å². The molecule has 0 atom stereocenters. The van der Waals surface area contributed by atoms with Crippen molar-refractivity contribution >= 4 is 55.5 Å². The molecule has 1 amide bonds. The number of nitrogens with one attached hydrogen (secondary N) is 1. The molecule has 1 heterocycles. The second-order valence-electron chi connectivity index (χ2n) is 8.21. The molecule has 0 aliphatic heterocycles. The zero-order valence-corrected chi connectivity index (χ0v) is 21.7. The number of fused-ring (bicyclic) bond motifs is 1. The van der Waals surface area contributed by atoms with Crippen LogP contribution in [0.5, 0.6) is 0 Å². The smallest absolute Gasteiger partial charge is 0.341 e. The van der Waals surface area contributed by atoms with Gasteiger partial charge in [0.25, 0.3) is 10.0 Å². The highest BCUT2D eigenvalue weighted by atomic mass is 35.5. The Morgan fingerprint density at radius 3 is 2.51 bits per heavy atom. The van der Waals surface area contributed by atoms with E-state index >= 15 is 0 Å². The number of benzene rings is 2. The number of aryl methyl sites for hydroxylation is 2. The lowest BCUT2D eigenvalue weighted by molar-refractivity contribution is -0.114. The van der Waals surface area contributed by atoms with Crippen molar-refractivity contribution in [2.24, 2.45) is 0 Å². The maximum atomic E-state index is 13.5. The molecular weight excluding hydrogens is 508 g/mol. The number of anilines is 2.